The quantitative estimate of drug-likeness (QED) is 0.0408. The highest BCUT2D eigenvalue weighted by atomic mass is 32.2. The molecule has 0 spiro atoms. The third-order valence-corrected chi connectivity index (χ3v) is 14.3. The van der Waals surface area contributed by atoms with Gasteiger partial charge in [0.2, 0.25) is 0 Å². The largest absolute Gasteiger partial charge is 0.172 e. The number of benzene rings is 3. The minimum Gasteiger partial charge on any atom is -0.0654 e. The molecule has 0 fully saturated rings. The topological polar surface area (TPSA) is 0 Å². The molecule has 3 aromatic rings. The zero-order valence-corrected chi connectivity index (χ0v) is 37.5. The minimum absolute atomic E-state index is 0.0897. The van der Waals surface area contributed by atoms with Crippen molar-refractivity contribution < 1.29 is 0 Å². The van der Waals surface area contributed by atoms with Crippen LogP contribution in [-0.2, 0) is 30.2 Å². The summed E-state index contributed by atoms with van der Waals surface area (Å²) in [5.74, 6) is 0. The first-order valence-corrected chi connectivity index (χ1v) is 25.5. The second-order valence-corrected chi connectivity index (χ2v) is 18.9. The molecule has 0 aromatic heterocycles. The van der Waals surface area contributed by atoms with Gasteiger partial charge in [-0.15, -0.1) is 0 Å². The van der Waals surface area contributed by atoms with Gasteiger partial charge in [-0.2, -0.15) is 0 Å². The first-order chi connectivity index (χ1) is 27.3. The molecule has 3 aromatic carbocycles. The molecule has 0 radical (unpaired) electrons. The lowest BCUT2D eigenvalue weighted by Crippen LogP contribution is -2.13. The minimum atomic E-state index is -0.0897. The van der Waals surface area contributed by atoms with Crippen molar-refractivity contribution in [2.45, 2.75) is 247 Å². The summed E-state index contributed by atoms with van der Waals surface area (Å²) < 4.78 is 0. The van der Waals surface area contributed by atoms with Crippen LogP contribution in [0.25, 0.3) is 0 Å². The summed E-state index contributed by atoms with van der Waals surface area (Å²) >= 11 is 0. The Morgan fingerprint density at radius 1 is 0.309 bits per heavy atom. The normalized spacial score (nSPS) is 11.6. The van der Waals surface area contributed by atoms with Gasteiger partial charge in [0.1, 0.15) is 0 Å². The van der Waals surface area contributed by atoms with Gasteiger partial charge in [-0.1, -0.05) is 243 Å². The molecule has 0 aliphatic rings. The molecule has 0 aliphatic heterocycles. The molecule has 0 saturated carbocycles. The van der Waals surface area contributed by atoms with Gasteiger partial charge in [0.25, 0.3) is 0 Å². The summed E-state index contributed by atoms with van der Waals surface area (Å²) in [7, 11) is -0.0897. The van der Waals surface area contributed by atoms with Crippen molar-refractivity contribution in [3.63, 3.8) is 0 Å². The number of hydrogen-bond acceptors (Lipinski definition) is 0. The highest BCUT2D eigenvalue weighted by Crippen LogP contribution is 2.38. The van der Waals surface area contributed by atoms with Crippen LogP contribution in [0.4, 0.5) is 0 Å². The fourth-order valence-corrected chi connectivity index (χ4v) is 11.0. The number of aryl methyl sites for hydroxylation is 3. The van der Waals surface area contributed by atoms with E-state index in [0.717, 1.165) is 0 Å². The van der Waals surface area contributed by atoms with Crippen molar-refractivity contribution in [2.75, 3.05) is 0 Å². The summed E-state index contributed by atoms with van der Waals surface area (Å²) in [6.45, 7) is 6.96. The molecule has 0 amide bonds. The van der Waals surface area contributed by atoms with E-state index >= 15 is 0 Å². The number of unbranched alkanes of at least 4 members (excludes halogenated alkanes) is 27. The SMILES string of the molecule is CCCCCCCCCCCCc1cc(CCCCCCCCCCCC)c([S+](c2ccccc2)c2ccccc2)c(CCCCCCCCCCCC)c1. The van der Waals surface area contributed by atoms with E-state index in [-0.39, 0.29) is 10.9 Å². The molecule has 0 atom stereocenters. The molecular formula is C54H87S+. The van der Waals surface area contributed by atoms with E-state index < -0.39 is 0 Å². The maximum atomic E-state index is 2.70. The fourth-order valence-electron chi connectivity index (χ4n) is 8.51. The van der Waals surface area contributed by atoms with Gasteiger partial charge < -0.3 is 0 Å². The first-order valence-electron chi connectivity index (χ1n) is 24.3. The third kappa shape index (κ3) is 21.4. The Labute approximate surface area is 346 Å². The monoisotopic (exact) mass is 768 g/mol. The Balaban J connectivity index is 1.78. The molecule has 0 saturated heterocycles. The molecule has 55 heavy (non-hydrogen) atoms. The Morgan fingerprint density at radius 2 is 0.582 bits per heavy atom. The second-order valence-electron chi connectivity index (χ2n) is 17.0. The number of hydrogen-bond donors (Lipinski definition) is 0. The standard InChI is InChI=1S/C54H87S/c1-4-7-10-13-16-19-22-25-28-33-40-49-47-50(41-34-29-26-23-20-17-14-11-8-5-2)54(51(48-49)42-35-30-27-24-21-18-15-12-9-6-3)55(52-43-36-31-37-44-52)53-45-38-32-39-46-53/h31-32,36-39,43-48H,4-30,33-35,40-42H2,1-3H3/q+1. The molecule has 0 unspecified atom stereocenters. The molecular weight excluding hydrogens is 681 g/mol. The average molecular weight is 768 g/mol. The van der Waals surface area contributed by atoms with E-state index in [9.17, 15) is 0 Å². The smallest absolute Gasteiger partial charge is 0.0654 e. The van der Waals surface area contributed by atoms with E-state index in [1.807, 2.05) is 0 Å². The molecule has 3 rings (SSSR count). The van der Waals surface area contributed by atoms with Crippen LogP contribution < -0.4 is 0 Å². The van der Waals surface area contributed by atoms with E-state index in [4.69, 9.17) is 0 Å². The van der Waals surface area contributed by atoms with Crippen molar-refractivity contribution in [2.24, 2.45) is 0 Å². The van der Waals surface area contributed by atoms with Crippen LogP contribution in [0.3, 0.4) is 0 Å². The van der Waals surface area contributed by atoms with Crippen LogP contribution in [0.1, 0.15) is 230 Å². The second kappa shape index (κ2) is 33.0. The number of rotatable bonds is 36. The van der Waals surface area contributed by atoms with Crippen LogP contribution in [0, 0.1) is 0 Å². The van der Waals surface area contributed by atoms with Crippen molar-refractivity contribution >= 4 is 10.9 Å². The highest BCUT2D eigenvalue weighted by Gasteiger charge is 2.34. The fraction of sp³-hybridized carbons (Fsp3) is 0.667. The molecule has 0 N–H and O–H groups in total. The maximum absolute atomic E-state index is 2.70. The highest BCUT2D eigenvalue weighted by molar-refractivity contribution is 7.97. The van der Waals surface area contributed by atoms with Crippen molar-refractivity contribution in [3.8, 4) is 0 Å². The van der Waals surface area contributed by atoms with Crippen LogP contribution >= 0.6 is 0 Å². The van der Waals surface area contributed by atoms with Gasteiger partial charge in [-0.25, -0.2) is 0 Å². The van der Waals surface area contributed by atoms with Crippen LogP contribution in [0.15, 0.2) is 87.5 Å². The average Bonchev–Trinajstić information content (AvgIpc) is 3.21. The maximum Gasteiger partial charge on any atom is 0.172 e. The lowest BCUT2D eigenvalue weighted by molar-refractivity contribution is 0.553. The molecule has 0 nitrogen and oxygen atoms in total. The summed E-state index contributed by atoms with van der Waals surface area (Å²) in [4.78, 5) is 4.63. The molecule has 1 heteroatoms. The van der Waals surface area contributed by atoms with Gasteiger partial charge in [-0.3, -0.25) is 0 Å². The predicted octanol–water partition coefficient (Wildman–Crippen LogP) is 18.2. The third-order valence-electron chi connectivity index (χ3n) is 11.9. The Kier molecular flexibility index (Phi) is 28.5. The molecule has 0 bridgehead atoms. The predicted molar refractivity (Wildman–Crippen MR) is 248 cm³/mol. The van der Waals surface area contributed by atoms with Crippen LogP contribution in [-0.4, -0.2) is 0 Å². The van der Waals surface area contributed by atoms with E-state index in [1.165, 1.54) is 222 Å². The van der Waals surface area contributed by atoms with Gasteiger partial charge in [0.05, 0.1) is 10.9 Å². The van der Waals surface area contributed by atoms with Gasteiger partial charge in [0, 0.05) is 11.1 Å². The van der Waals surface area contributed by atoms with Gasteiger partial charge in [-0.05, 0) is 68.4 Å². The van der Waals surface area contributed by atoms with Crippen molar-refractivity contribution in [1.29, 1.82) is 0 Å². The molecule has 308 valence electrons. The Morgan fingerprint density at radius 3 is 0.891 bits per heavy atom. The van der Waals surface area contributed by atoms with Crippen LogP contribution in [0.5, 0.6) is 0 Å². The summed E-state index contributed by atoms with van der Waals surface area (Å²) in [5, 5.41) is 0. The molecule has 0 heterocycles. The zero-order chi connectivity index (χ0) is 38.9. The summed E-state index contributed by atoms with van der Waals surface area (Å²) in [6, 6.07) is 28.5. The van der Waals surface area contributed by atoms with Gasteiger partial charge >= 0.3 is 0 Å². The van der Waals surface area contributed by atoms with Crippen molar-refractivity contribution in [3.05, 3.63) is 89.5 Å². The Bertz CT molecular complexity index is 1190. The van der Waals surface area contributed by atoms with E-state index in [2.05, 4.69) is 93.6 Å². The van der Waals surface area contributed by atoms with E-state index in [1.54, 1.807) is 21.6 Å². The van der Waals surface area contributed by atoms with Gasteiger partial charge in [0.15, 0.2) is 14.7 Å². The van der Waals surface area contributed by atoms with Crippen molar-refractivity contribution in [1.82, 2.24) is 0 Å². The zero-order valence-electron chi connectivity index (χ0n) is 36.7. The molecule has 0 aliphatic carbocycles. The Hall–Kier alpha value is -1.99. The van der Waals surface area contributed by atoms with Crippen LogP contribution in [0.2, 0.25) is 0 Å². The lowest BCUT2D eigenvalue weighted by Gasteiger charge is -2.18. The summed E-state index contributed by atoms with van der Waals surface area (Å²) in [5.41, 5.74) is 4.96. The summed E-state index contributed by atoms with van der Waals surface area (Å²) in [6.07, 6.45) is 45.8. The van der Waals surface area contributed by atoms with E-state index in [0.29, 0.717) is 0 Å². The lowest BCUT2D eigenvalue weighted by atomic mass is 9.94. The first kappa shape index (κ1) is 47.4.